The van der Waals surface area contributed by atoms with Gasteiger partial charge in [0.25, 0.3) is 0 Å². The van der Waals surface area contributed by atoms with E-state index in [1.54, 1.807) is 21.6 Å². The molecule has 0 aromatic carbocycles. The quantitative estimate of drug-likeness (QED) is 0.493. The zero-order valence-electron chi connectivity index (χ0n) is 3.32. The van der Waals surface area contributed by atoms with Gasteiger partial charge in [-0.3, -0.25) is 0 Å². The highest BCUT2D eigenvalue weighted by Crippen LogP contribution is 2.09. The first kappa shape index (κ1) is 9.41. The molecule has 0 aliphatic heterocycles. The fourth-order valence-electron chi connectivity index (χ4n) is 0. The Morgan fingerprint density at radius 3 is 1.20 bits per heavy atom. The van der Waals surface area contributed by atoms with Crippen LogP contribution in [0.4, 0.5) is 0 Å². The molecule has 5 heavy (non-hydrogen) atoms. The Kier molecular flexibility index (Phi) is 16.8. The summed E-state index contributed by atoms with van der Waals surface area (Å²) in [5, 5.41) is 0. The Morgan fingerprint density at radius 2 is 1.20 bits per heavy atom. The lowest BCUT2D eigenvalue weighted by molar-refractivity contribution is 2.51. The van der Waals surface area contributed by atoms with Gasteiger partial charge in [-0.15, -0.1) is 0 Å². The van der Waals surface area contributed by atoms with E-state index in [-0.39, 0.29) is 13.5 Å². The van der Waals surface area contributed by atoms with E-state index in [2.05, 4.69) is 12.5 Å². The van der Waals surface area contributed by atoms with Crippen molar-refractivity contribution in [2.24, 2.45) is 0 Å². The first-order valence-electron chi connectivity index (χ1n) is 0.983. The van der Waals surface area contributed by atoms with E-state index in [4.69, 9.17) is 0 Å². The summed E-state index contributed by atoms with van der Waals surface area (Å²) >= 11 is 0. The Morgan fingerprint density at radius 1 is 1.00 bits per heavy atom. The summed E-state index contributed by atoms with van der Waals surface area (Å²) < 4.78 is 0. The van der Waals surface area contributed by atoms with Crippen molar-refractivity contribution in [2.45, 2.75) is 0 Å². The minimum Gasteiger partial charge on any atom is -0.197 e. The molecule has 0 saturated heterocycles. The molecule has 0 radical (unpaired) electrons. The van der Waals surface area contributed by atoms with Crippen molar-refractivity contribution in [1.82, 2.24) is 0 Å². The fourth-order valence-corrected chi connectivity index (χ4v) is 0. The summed E-state index contributed by atoms with van der Waals surface area (Å²) in [5.41, 5.74) is 0. The van der Waals surface area contributed by atoms with Gasteiger partial charge in [0.15, 0.2) is 0 Å². The summed E-state index contributed by atoms with van der Waals surface area (Å²) in [7, 11) is 3.55. The maximum atomic E-state index is 2.06. The van der Waals surface area contributed by atoms with Gasteiger partial charge in [0.05, 0.1) is 0 Å². The molecule has 0 bridgehead atoms. The van der Waals surface area contributed by atoms with Gasteiger partial charge < -0.3 is 0 Å². The Hall–Kier alpha value is 1.05. The molecule has 0 nitrogen and oxygen atoms in total. The first-order chi connectivity index (χ1) is 1.91. The molecule has 34 valence electrons. The average Bonchev–Trinajstić information content (AvgIpc) is 1.37. The highest BCUT2D eigenvalue weighted by molar-refractivity contribution is 8.76. The Bertz CT molecular complexity index is 6.85. The van der Waals surface area contributed by atoms with Gasteiger partial charge in [0.1, 0.15) is 0 Å². The second-order valence-corrected chi connectivity index (χ2v) is 3.00. The lowest BCUT2D eigenvalue weighted by atomic mass is 12.0. The van der Waals surface area contributed by atoms with Crippen molar-refractivity contribution in [3.63, 3.8) is 0 Å². The summed E-state index contributed by atoms with van der Waals surface area (Å²) in [6, 6.07) is 0. The SMILES string of the molecule is CSSC.S. The lowest BCUT2D eigenvalue weighted by Crippen LogP contribution is -1.28. The maximum Gasteiger partial charge on any atom is -0.00793 e. The van der Waals surface area contributed by atoms with Gasteiger partial charge >= 0.3 is 0 Å². The van der Waals surface area contributed by atoms with Crippen LogP contribution >= 0.6 is 35.1 Å². The third-order valence-corrected chi connectivity index (χ3v) is 1.50. The van der Waals surface area contributed by atoms with Crippen molar-refractivity contribution < 1.29 is 0 Å². The molecule has 0 aliphatic carbocycles. The van der Waals surface area contributed by atoms with Crippen molar-refractivity contribution in [3.8, 4) is 0 Å². The van der Waals surface area contributed by atoms with Crippen LogP contribution in [0.1, 0.15) is 0 Å². The molecular formula is C2H8S3. The van der Waals surface area contributed by atoms with Gasteiger partial charge in [0, 0.05) is 0 Å². The molecular weight excluding hydrogens is 120 g/mol. The van der Waals surface area contributed by atoms with Crippen LogP contribution < -0.4 is 0 Å². The largest absolute Gasteiger partial charge is 0.197 e. The third kappa shape index (κ3) is 11.2. The maximum absolute atomic E-state index is 2.06. The van der Waals surface area contributed by atoms with Crippen LogP contribution in [0.2, 0.25) is 0 Å². The van der Waals surface area contributed by atoms with E-state index < -0.39 is 0 Å². The van der Waals surface area contributed by atoms with E-state index in [0.29, 0.717) is 0 Å². The predicted octanol–water partition coefficient (Wildman–Crippen LogP) is 1.74. The second kappa shape index (κ2) is 8.90. The van der Waals surface area contributed by atoms with Crippen LogP contribution in [0.15, 0.2) is 0 Å². The third-order valence-electron chi connectivity index (χ3n) is 0.167. The predicted molar refractivity (Wildman–Crippen MR) is 37.4 cm³/mol. The number of rotatable bonds is 1. The normalized spacial score (nSPS) is 6.00. The minimum atomic E-state index is 0. The first-order valence-corrected chi connectivity index (χ1v) is 3.95. The highest BCUT2D eigenvalue weighted by atomic mass is 33.1. The Balaban J connectivity index is 0. The molecule has 3 heteroatoms. The van der Waals surface area contributed by atoms with E-state index >= 15 is 0 Å². The summed E-state index contributed by atoms with van der Waals surface area (Å²) in [6.07, 6.45) is 4.12. The van der Waals surface area contributed by atoms with Crippen LogP contribution in [0.3, 0.4) is 0 Å². The van der Waals surface area contributed by atoms with Gasteiger partial charge in [0.2, 0.25) is 0 Å². The number of hydrogen-bond donors (Lipinski definition) is 0. The van der Waals surface area contributed by atoms with E-state index in [0.717, 1.165) is 0 Å². The molecule has 0 rings (SSSR count). The van der Waals surface area contributed by atoms with Crippen LogP contribution in [-0.4, -0.2) is 12.5 Å². The van der Waals surface area contributed by atoms with Crippen LogP contribution in [0.25, 0.3) is 0 Å². The van der Waals surface area contributed by atoms with Gasteiger partial charge in [-0.1, -0.05) is 21.6 Å². The van der Waals surface area contributed by atoms with Crippen LogP contribution in [0, 0.1) is 0 Å². The molecule has 0 N–H and O–H groups in total. The molecule has 0 amide bonds. The zero-order valence-corrected chi connectivity index (χ0v) is 5.95. The molecule has 0 spiro atoms. The van der Waals surface area contributed by atoms with E-state index in [9.17, 15) is 0 Å². The average molecular weight is 128 g/mol. The second-order valence-electron chi connectivity index (χ2n) is 0.333. The highest BCUT2D eigenvalue weighted by Gasteiger charge is 1.55. The smallest absolute Gasteiger partial charge is 0.00793 e. The van der Waals surface area contributed by atoms with Gasteiger partial charge in [-0.25, -0.2) is 0 Å². The lowest BCUT2D eigenvalue weighted by Gasteiger charge is -1.69. The molecule has 0 atom stereocenters. The monoisotopic (exact) mass is 128 g/mol. The van der Waals surface area contributed by atoms with Crippen molar-refractivity contribution in [2.75, 3.05) is 12.5 Å². The van der Waals surface area contributed by atoms with Crippen molar-refractivity contribution in [1.29, 1.82) is 0 Å². The van der Waals surface area contributed by atoms with Crippen molar-refractivity contribution >= 4 is 35.1 Å². The number of hydrogen-bond acceptors (Lipinski definition) is 2. The van der Waals surface area contributed by atoms with Crippen LogP contribution in [-0.2, 0) is 0 Å². The molecule has 0 heterocycles. The van der Waals surface area contributed by atoms with Gasteiger partial charge in [-0.05, 0) is 12.5 Å². The molecule has 0 aliphatic rings. The van der Waals surface area contributed by atoms with Gasteiger partial charge in [-0.2, -0.15) is 13.5 Å². The topological polar surface area (TPSA) is 0 Å². The molecule has 0 unspecified atom stereocenters. The summed E-state index contributed by atoms with van der Waals surface area (Å²) in [6.45, 7) is 0. The van der Waals surface area contributed by atoms with Crippen molar-refractivity contribution in [3.05, 3.63) is 0 Å². The Labute approximate surface area is 47.9 Å². The standard InChI is InChI=1S/C2H6S2.H2S/c1-3-4-2;/h1-2H3;1H2. The summed E-state index contributed by atoms with van der Waals surface area (Å²) in [5.74, 6) is 0. The molecule has 0 aromatic heterocycles. The molecule has 0 aromatic rings. The summed E-state index contributed by atoms with van der Waals surface area (Å²) in [4.78, 5) is 0. The van der Waals surface area contributed by atoms with E-state index in [1.165, 1.54) is 0 Å². The zero-order chi connectivity index (χ0) is 3.41. The molecule has 0 saturated carbocycles. The molecule has 0 fully saturated rings. The fraction of sp³-hybridized carbons (Fsp3) is 1.00. The minimum absolute atomic E-state index is 0. The van der Waals surface area contributed by atoms with E-state index in [1.807, 2.05) is 0 Å². The van der Waals surface area contributed by atoms with Crippen LogP contribution in [0.5, 0.6) is 0 Å².